The van der Waals surface area contributed by atoms with Crippen molar-refractivity contribution in [3.63, 3.8) is 0 Å². The number of ketones is 1. The Kier molecular flexibility index (Phi) is 6.97. The molecule has 2 aromatic rings. The molecule has 0 radical (unpaired) electrons. The third-order valence-electron chi connectivity index (χ3n) is 5.39. The van der Waals surface area contributed by atoms with Gasteiger partial charge in [0.05, 0.1) is 46.5 Å². The summed E-state index contributed by atoms with van der Waals surface area (Å²) in [6, 6.07) is 13.3. The van der Waals surface area contributed by atoms with Gasteiger partial charge in [-0.05, 0) is 18.2 Å². The average Bonchev–Trinajstić information content (AvgIpc) is 3.03. The van der Waals surface area contributed by atoms with Crippen LogP contribution in [0.1, 0.15) is 23.6 Å². The summed E-state index contributed by atoms with van der Waals surface area (Å²) >= 11 is 0. The maximum absolute atomic E-state index is 13.1. The van der Waals surface area contributed by atoms with Crippen molar-refractivity contribution in [2.24, 2.45) is 0 Å². The molecule has 2 aromatic carbocycles. The zero-order valence-corrected chi connectivity index (χ0v) is 18.3. The standard InChI is InChI=1S/C24H28N2O5/c1-25(2)13-8-14-26-21(18-11-5-6-12-19(18)31-4)20(23(28)24(26)29)22(27)16-9-7-10-17(15-16)30-3/h5-7,9-12,15,21,27H,8,13-14H2,1-4H3/p+1/t21-/m1/s1. The molecule has 1 aliphatic heterocycles. The number of methoxy groups -OCH3 is 2. The number of carbonyl (C=O) groups excluding carboxylic acids is 2. The van der Waals surface area contributed by atoms with E-state index in [4.69, 9.17) is 9.47 Å². The molecular weight excluding hydrogens is 396 g/mol. The van der Waals surface area contributed by atoms with Crippen molar-refractivity contribution in [1.29, 1.82) is 0 Å². The van der Waals surface area contributed by atoms with E-state index >= 15 is 0 Å². The molecule has 7 nitrogen and oxygen atoms in total. The van der Waals surface area contributed by atoms with Crippen LogP contribution in [0.3, 0.4) is 0 Å². The number of quaternary nitrogens is 1. The van der Waals surface area contributed by atoms with Gasteiger partial charge in [-0.15, -0.1) is 0 Å². The minimum atomic E-state index is -0.737. The quantitative estimate of drug-likeness (QED) is 0.382. The van der Waals surface area contributed by atoms with Crippen LogP contribution < -0.4 is 14.4 Å². The number of nitrogens with one attached hydrogen (secondary N) is 1. The number of benzene rings is 2. The minimum absolute atomic E-state index is 0.0555. The summed E-state index contributed by atoms with van der Waals surface area (Å²) in [7, 11) is 7.14. The molecule has 3 rings (SSSR count). The fourth-order valence-corrected chi connectivity index (χ4v) is 3.86. The first-order valence-corrected chi connectivity index (χ1v) is 10.2. The number of aliphatic hydroxyl groups excluding tert-OH is 1. The number of hydrogen-bond donors (Lipinski definition) is 2. The predicted octanol–water partition coefficient (Wildman–Crippen LogP) is 1.66. The number of amides is 1. The van der Waals surface area contributed by atoms with Gasteiger partial charge >= 0.3 is 0 Å². The van der Waals surface area contributed by atoms with E-state index in [1.807, 2.05) is 32.3 Å². The number of para-hydroxylation sites is 1. The first kappa shape index (κ1) is 22.4. The number of carbonyl (C=O) groups is 2. The van der Waals surface area contributed by atoms with Gasteiger partial charge < -0.3 is 24.4 Å². The van der Waals surface area contributed by atoms with E-state index < -0.39 is 17.7 Å². The second-order valence-corrected chi connectivity index (χ2v) is 7.78. The normalized spacial score (nSPS) is 18.0. The van der Waals surface area contributed by atoms with Crippen LogP contribution in [0.15, 0.2) is 54.1 Å². The van der Waals surface area contributed by atoms with E-state index in [1.54, 1.807) is 37.4 Å². The summed E-state index contributed by atoms with van der Waals surface area (Å²) in [6.07, 6.45) is 0.722. The van der Waals surface area contributed by atoms with E-state index in [9.17, 15) is 14.7 Å². The molecular formula is C24H29N2O5+. The Bertz CT molecular complexity index is 999. The summed E-state index contributed by atoms with van der Waals surface area (Å²) in [5, 5.41) is 11.1. The van der Waals surface area contributed by atoms with E-state index in [2.05, 4.69) is 0 Å². The van der Waals surface area contributed by atoms with Gasteiger partial charge in [0.2, 0.25) is 0 Å². The van der Waals surface area contributed by atoms with Crippen molar-refractivity contribution < 1.29 is 29.1 Å². The van der Waals surface area contributed by atoms with E-state index in [-0.39, 0.29) is 11.3 Å². The maximum Gasteiger partial charge on any atom is 0.295 e. The van der Waals surface area contributed by atoms with Crippen molar-refractivity contribution in [2.45, 2.75) is 12.5 Å². The molecule has 1 heterocycles. The highest BCUT2D eigenvalue weighted by Crippen LogP contribution is 2.42. The van der Waals surface area contributed by atoms with Crippen molar-refractivity contribution >= 4 is 17.4 Å². The summed E-state index contributed by atoms with van der Waals surface area (Å²) in [4.78, 5) is 28.9. The highest BCUT2D eigenvalue weighted by molar-refractivity contribution is 6.46. The molecule has 0 bridgehead atoms. The smallest absolute Gasteiger partial charge is 0.295 e. The Balaban J connectivity index is 2.15. The van der Waals surface area contributed by atoms with Crippen LogP contribution in [-0.4, -0.2) is 63.1 Å². The fraction of sp³-hybridized carbons (Fsp3) is 0.333. The topological polar surface area (TPSA) is 80.5 Å². The van der Waals surface area contributed by atoms with Crippen LogP contribution >= 0.6 is 0 Å². The number of hydrogen-bond acceptors (Lipinski definition) is 5. The second-order valence-electron chi connectivity index (χ2n) is 7.78. The lowest BCUT2D eigenvalue weighted by molar-refractivity contribution is -0.858. The molecule has 0 spiro atoms. The third kappa shape index (κ3) is 4.56. The monoisotopic (exact) mass is 425 g/mol. The number of ether oxygens (including phenoxy) is 2. The molecule has 0 saturated carbocycles. The molecule has 1 atom stereocenters. The van der Waals surface area contributed by atoms with Gasteiger partial charge in [0, 0.05) is 24.1 Å². The lowest BCUT2D eigenvalue weighted by Crippen LogP contribution is -3.05. The molecule has 1 saturated heterocycles. The Hall–Kier alpha value is -3.32. The zero-order chi connectivity index (χ0) is 22.5. The van der Waals surface area contributed by atoms with Crippen LogP contribution in [0.25, 0.3) is 5.76 Å². The molecule has 0 aliphatic carbocycles. The number of rotatable bonds is 8. The summed E-state index contributed by atoms with van der Waals surface area (Å²) in [5.74, 6) is -0.452. The fourth-order valence-electron chi connectivity index (χ4n) is 3.86. The maximum atomic E-state index is 13.1. The number of Topliss-reactive ketones (excluding diaryl/α,β-unsaturated/α-hetero) is 1. The lowest BCUT2D eigenvalue weighted by atomic mass is 9.94. The van der Waals surface area contributed by atoms with E-state index in [0.717, 1.165) is 13.0 Å². The van der Waals surface area contributed by atoms with Crippen LogP contribution in [0.4, 0.5) is 0 Å². The van der Waals surface area contributed by atoms with Crippen molar-refractivity contribution in [3.05, 3.63) is 65.2 Å². The van der Waals surface area contributed by atoms with Crippen LogP contribution in [0, 0.1) is 0 Å². The number of aliphatic hydroxyl groups is 1. The molecule has 2 N–H and O–H groups in total. The van der Waals surface area contributed by atoms with Crippen molar-refractivity contribution in [2.75, 3.05) is 41.4 Å². The van der Waals surface area contributed by atoms with Gasteiger partial charge in [0.25, 0.3) is 11.7 Å². The zero-order valence-electron chi connectivity index (χ0n) is 18.3. The highest BCUT2D eigenvalue weighted by Gasteiger charge is 2.46. The lowest BCUT2D eigenvalue weighted by Gasteiger charge is -2.26. The first-order chi connectivity index (χ1) is 14.9. The van der Waals surface area contributed by atoms with Gasteiger partial charge in [0.1, 0.15) is 17.3 Å². The molecule has 164 valence electrons. The second kappa shape index (κ2) is 9.66. The van der Waals surface area contributed by atoms with Crippen LogP contribution in [-0.2, 0) is 9.59 Å². The SMILES string of the molecule is COc1cccc(C(O)=C2C(=O)C(=O)N(CCC[NH+](C)C)[C@@H]2c2ccccc2OC)c1. The number of nitrogens with zero attached hydrogens (tertiary/aromatic N) is 1. The van der Waals surface area contributed by atoms with Crippen molar-refractivity contribution in [3.8, 4) is 11.5 Å². The molecule has 31 heavy (non-hydrogen) atoms. The summed E-state index contributed by atoms with van der Waals surface area (Å²) < 4.78 is 10.8. The molecule has 1 amide bonds. The van der Waals surface area contributed by atoms with E-state index in [1.165, 1.54) is 16.9 Å². The molecule has 0 unspecified atom stereocenters. The van der Waals surface area contributed by atoms with Gasteiger partial charge in [-0.2, -0.15) is 0 Å². The highest BCUT2D eigenvalue weighted by atomic mass is 16.5. The summed E-state index contributed by atoms with van der Waals surface area (Å²) in [6.45, 7) is 1.24. The molecule has 1 fully saturated rings. The van der Waals surface area contributed by atoms with E-state index in [0.29, 0.717) is 29.2 Å². The summed E-state index contributed by atoms with van der Waals surface area (Å²) in [5.41, 5.74) is 1.13. The molecule has 7 heteroatoms. The van der Waals surface area contributed by atoms with Crippen molar-refractivity contribution in [1.82, 2.24) is 4.90 Å². The minimum Gasteiger partial charge on any atom is -0.507 e. The van der Waals surface area contributed by atoms with Gasteiger partial charge in [0.15, 0.2) is 0 Å². The molecule has 1 aliphatic rings. The van der Waals surface area contributed by atoms with Crippen LogP contribution in [0.5, 0.6) is 11.5 Å². The van der Waals surface area contributed by atoms with Crippen LogP contribution in [0.2, 0.25) is 0 Å². The van der Waals surface area contributed by atoms with Gasteiger partial charge in [-0.1, -0.05) is 30.3 Å². The predicted molar refractivity (Wildman–Crippen MR) is 117 cm³/mol. The Morgan fingerprint density at radius 3 is 2.48 bits per heavy atom. The Labute approximate surface area is 182 Å². The number of likely N-dealkylation sites (tertiary alicyclic amines) is 1. The largest absolute Gasteiger partial charge is 0.507 e. The van der Waals surface area contributed by atoms with Gasteiger partial charge in [-0.3, -0.25) is 9.59 Å². The molecule has 0 aromatic heterocycles. The average molecular weight is 426 g/mol. The van der Waals surface area contributed by atoms with Gasteiger partial charge in [-0.25, -0.2) is 0 Å². The third-order valence-corrected chi connectivity index (χ3v) is 5.39. The Morgan fingerprint density at radius 2 is 1.81 bits per heavy atom. The first-order valence-electron chi connectivity index (χ1n) is 10.2. The Morgan fingerprint density at radius 1 is 1.06 bits per heavy atom.